The highest BCUT2D eigenvalue weighted by molar-refractivity contribution is 5.01. The van der Waals surface area contributed by atoms with Crippen molar-refractivity contribution >= 4 is 0 Å². The van der Waals surface area contributed by atoms with Crippen molar-refractivity contribution in [1.82, 2.24) is 10.2 Å². The smallest absolute Gasteiger partial charge is 0.0173 e. The number of piperidine rings is 1. The SMILES string of the molecule is CCNC1CC(C)(C)N(CC)C(C)(C)C1. The van der Waals surface area contributed by atoms with Crippen molar-refractivity contribution in [2.45, 2.75) is 71.5 Å². The van der Waals surface area contributed by atoms with Gasteiger partial charge in [-0.15, -0.1) is 0 Å². The molecule has 0 aromatic heterocycles. The number of hydrogen-bond donors (Lipinski definition) is 1. The molecular formula is C13H28N2. The zero-order chi connectivity index (χ0) is 11.7. The molecule has 0 aliphatic carbocycles. The lowest BCUT2D eigenvalue weighted by molar-refractivity contribution is -0.0359. The molecule has 0 spiro atoms. The van der Waals surface area contributed by atoms with Crippen LogP contribution in [-0.2, 0) is 0 Å². The van der Waals surface area contributed by atoms with E-state index in [0.29, 0.717) is 17.1 Å². The Labute approximate surface area is 95.4 Å². The van der Waals surface area contributed by atoms with Crippen molar-refractivity contribution in [3.05, 3.63) is 0 Å². The number of hydrogen-bond acceptors (Lipinski definition) is 2. The van der Waals surface area contributed by atoms with Crippen molar-refractivity contribution in [1.29, 1.82) is 0 Å². The molecule has 0 aromatic rings. The van der Waals surface area contributed by atoms with Gasteiger partial charge < -0.3 is 5.32 Å². The van der Waals surface area contributed by atoms with Crippen LogP contribution >= 0.6 is 0 Å². The molecule has 0 atom stereocenters. The molecule has 1 rings (SSSR count). The molecule has 0 unspecified atom stereocenters. The van der Waals surface area contributed by atoms with Gasteiger partial charge in [-0.05, 0) is 53.6 Å². The molecule has 0 aromatic carbocycles. The third kappa shape index (κ3) is 2.73. The lowest BCUT2D eigenvalue weighted by atomic mass is 9.77. The molecule has 0 bridgehead atoms. The molecule has 0 amide bonds. The van der Waals surface area contributed by atoms with Gasteiger partial charge >= 0.3 is 0 Å². The Kier molecular flexibility index (Phi) is 3.83. The van der Waals surface area contributed by atoms with E-state index in [4.69, 9.17) is 0 Å². The third-order valence-corrected chi connectivity index (χ3v) is 3.76. The van der Waals surface area contributed by atoms with E-state index in [1.807, 2.05) is 0 Å². The summed E-state index contributed by atoms with van der Waals surface area (Å²) in [5.74, 6) is 0. The summed E-state index contributed by atoms with van der Waals surface area (Å²) in [4.78, 5) is 2.65. The molecule has 15 heavy (non-hydrogen) atoms. The van der Waals surface area contributed by atoms with Crippen LogP contribution < -0.4 is 5.32 Å². The first-order chi connectivity index (χ1) is 6.83. The second-order valence-corrected chi connectivity index (χ2v) is 6.03. The number of likely N-dealkylation sites (tertiary alicyclic amines) is 1. The second kappa shape index (κ2) is 4.42. The summed E-state index contributed by atoms with van der Waals surface area (Å²) in [5, 5.41) is 3.61. The Hall–Kier alpha value is -0.0800. The lowest BCUT2D eigenvalue weighted by Gasteiger charge is -2.55. The highest BCUT2D eigenvalue weighted by atomic mass is 15.3. The van der Waals surface area contributed by atoms with E-state index >= 15 is 0 Å². The summed E-state index contributed by atoms with van der Waals surface area (Å²) in [7, 11) is 0. The molecule has 1 aliphatic rings. The zero-order valence-electron chi connectivity index (χ0n) is 11.4. The molecule has 90 valence electrons. The highest BCUT2D eigenvalue weighted by Crippen LogP contribution is 2.37. The Bertz CT molecular complexity index is 191. The van der Waals surface area contributed by atoms with Crippen LogP contribution in [0.1, 0.15) is 54.4 Å². The number of rotatable bonds is 3. The van der Waals surface area contributed by atoms with E-state index in [0.717, 1.165) is 13.1 Å². The second-order valence-electron chi connectivity index (χ2n) is 6.03. The Morgan fingerprint density at radius 3 is 1.87 bits per heavy atom. The summed E-state index contributed by atoms with van der Waals surface area (Å²) >= 11 is 0. The van der Waals surface area contributed by atoms with Crippen LogP contribution in [0.5, 0.6) is 0 Å². The van der Waals surface area contributed by atoms with Gasteiger partial charge in [0.25, 0.3) is 0 Å². The summed E-state index contributed by atoms with van der Waals surface area (Å²) < 4.78 is 0. The van der Waals surface area contributed by atoms with E-state index < -0.39 is 0 Å². The van der Waals surface area contributed by atoms with Crippen molar-refractivity contribution in [2.75, 3.05) is 13.1 Å². The van der Waals surface area contributed by atoms with Crippen LogP contribution in [0, 0.1) is 0 Å². The van der Waals surface area contributed by atoms with Gasteiger partial charge in [0.2, 0.25) is 0 Å². The van der Waals surface area contributed by atoms with Crippen LogP contribution in [0.3, 0.4) is 0 Å². The standard InChI is InChI=1S/C13H28N2/c1-7-14-11-9-12(3,4)15(8-2)13(5,6)10-11/h11,14H,7-10H2,1-6H3. The fraction of sp³-hybridized carbons (Fsp3) is 1.00. The highest BCUT2D eigenvalue weighted by Gasteiger charge is 2.43. The van der Waals surface area contributed by atoms with E-state index in [2.05, 4.69) is 51.8 Å². The Morgan fingerprint density at radius 1 is 1.07 bits per heavy atom. The van der Waals surface area contributed by atoms with E-state index in [-0.39, 0.29) is 0 Å². The average Bonchev–Trinajstić information content (AvgIpc) is 2.00. The van der Waals surface area contributed by atoms with Crippen LogP contribution in [0.15, 0.2) is 0 Å². The summed E-state index contributed by atoms with van der Waals surface area (Å²) in [6, 6.07) is 0.683. The molecule has 1 heterocycles. The van der Waals surface area contributed by atoms with Crippen LogP contribution in [0.25, 0.3) is 0 Å². The molecule has 0 radical (unpaired) electrons. The van der Waals surface area contributed by atoms with Crippen molar-refractivity contribution < 1.29 is 0 Å². The molecule has 2 heteroatoms. The van der Waals surface area contributed by atoms with E-state index in [1.54, 1.807) is 0 Å². The normalized spacial score (nSPS) is 26.8. The van der Waals surface area contributed by atoms with Gasteiger partial charge in [-0.3, -0.25) is 4.90 Å². The van der Waals surface area contributed by atoms with Crippen LogP contribution in [0.4, 0.5) is 0 Å². The zero-order valence-corrected chi connectivity index (χ0v) is 11.4. The predicted molar refractivity (Wildman–Crippen MR) is 67.2 cm³/mol. The molecule has 1 aliphatic heterocycles. The average molecular weight is 212 g/mol. The lowest BCUT2D eigenvalue weighted by Crippen LogP contribution is -2.63. The first kappa shape index (κ1) is 13.0. The predicted octanol–water partition coefficient (Wildman–Crippen LogP) is 2.64. The fourth-order valence-electron chi connectivity index (χ4n) is 3.61. The Morgan fingerprint density at radius 2 is 1.53 bits per heavy atom. The molecule has 1 fully saturated rings. The van der Waals surface area contributed by atoms with Gasteiger partial charge in [-0.1, -0.05) is 13.8 Å². The monoisotopic (exact) mass is 212 g/mol. The number of nitrogens with zero attached hydrogens (tertiary/aromatic N) is 1. The molecule has 0 saturated carbocycles. The quantitative estimate of drug-likeness (QED) is 0.773. The molecule has 2 nitrogen and oxygen atoms in total. The summed E-state index contributed by atoms with van der Waals surface area (Å²) in [6.45, 7) is 16.2. The molecule has 1 saturated heterocycles. The van der Waals surface area contributed by atoms with Crippen molar-refractivity contribution in [3.63, 3.8) is 0 Å². The van der Waals surface area contributed by atoms with Gasteiger partial charge in [0.15, 0.2) is 0 Å². The van der Waals surface area contributed by atoms with Gasteiger partial charge in [0.05, 0.1) is 0 Å². The summed E-state index contributed by atoms with van der Waals surface area (Å²) in [5.41, 5.74) is 0.646. The Balaban J connectivity index is 2.81. The maximum absolute atomic E-state index is 3.61. The molecule has 1 N–H and O–H groups in total. The first-order valence-electron chi connectivity index (χ1n) is 6.34. The van der Waals surface area contributed by atoms with E-state index in [9.17, 15) is 0 Å². The maximum Gasteiger partial charge on any atom is 0.0173 e. The number of nitrogens with one attached hydrogen (secondary N) is 1. The minimum atomic E-state index is 0.323. The third-order valence-electron chi connectivity index (χ3n) is 3.76. The minimum absolute atomic E-state index is 0.323. The fourth-order valence-corrected chi connectivity index (χ4v) is 3.61. The van der Waals surface area contributed by atoms with Crippen LogP contribution in [-0.4, -0.2) is 35.1 Å². The minimum Gasteiger partial charge on any atom is -0.314 e. The van der Waals surface area contributed by atoms with Crippen molar-refractivity contribution in [3.8, 4) is 0 Å². The van der Waals surface area contributed by atoms with Gasteiger partial charge in [0, 0.05) is 17.1 Å². The summed E-state index contributed by atoms with van der Waals surface area (Å²) in [6.07, 6.45) is 2.52. The van der Waals surface area contributed by atoms with Crippen molar-refractivity contribution in [2.24, 2.45) is 0 Å². The van der Waals surface area contributed by atoms with Gasteiger partial charge in [0.1, 0.15) is 0 Å². The van der Waals surface area contributed by atoms with Gasteiger partial charge in [-0.2, -0.15) is 0 Å². The van der Waals surface area contributed by atoms with Gasteiger partial charge in [-0.25, -0.2) is 0 Å². The first-order valence-corrected chi connectivity index (χ1v) is 6.34. The van der Waals surface area contributed by atoms with E-state index in [1.165, 1.54) is 12.8 Å². The largest absolute Gasteiger partial charge is 0.314 e. The maximum atomic E-state index is 3.61. The molecular weight excluding hydrogens is 184 g/mol. The topological polar surface area (TPSA) is 15.3 Å². The van der Waals surface area contributed by atoms with Crippen LogP contribution in [0.2, 0.25) is 0 Å².